The van der Waals surface area contributed by atoms with E-state index in [1.165, 1.54) is 28.8 Å². The summed E-state index contributed by atoms with van der Waals surface area (Å²) in [6, 6.07) is 21.2. The largest absolute Gasteiger partial charge is 0.478 e. The van der Waals surface area contributed by atoms with E-state index in [4.69, 9.17) is 5.11 Å². The molecule has 0 saturated heterocycles. The van der Waals surface area contributed by atoms with Crippen molar-refractivity contribution in [3.63, 3.8) is 0 Å². The van der Waals surface area contributed by atoms with E-state index in [0.29, 0.717) is 5.52 Å². The second kappa shape index (κ2) is 7.91. The van der Waals surface area contributed by atoms with Gasteiger partial charge < -0.3 is 5.11 Å². The lowest BCUT2D eigenvalue weighted by atomic mass is 9.94. The molecule has 0 aliphatic carbocycles. The van der Waals surface area contributed by atoms with Gasteiger partial charge in [-0.2, -0.15) is 0 Å². The summed E-state index contributed by atoms with van der Waals surface area (Å²) in [7, 11) is 0. The van der Waals surface area contributed by atoms with Crippen molar-refractivity contribution in [2.75, 3.05) is 0 Å². The Morgan fingerprint density at radius 2 is 1.63 bits per heavy atom. The molecule has 4 heteroatoms. The number of halogens is 1. The highest BCUT2D eigenvalue weighted by molar-refractivity contribution is 5.88. The maximum Gasteiger partial charge on any atom is 0.328 e. The molecule has 0 aliphatic heterocycles. The van der Waals surface area contributed by atoms with Gasteiger partial charge in [0.15, 0.2) is 0 Å². The molecule has 0 atom stereocenters. The van der Waals surface area contributed by atoms with E-state index in [0.717, 1.165) is 28.3 Å². The second-order valence-corrected chi connectivity index (χ2v) is 7.28. The number of carbonyl (C=O) groups is 1. The number of hydrogen-bond donors (Lipinski definition) is 1. The van der Waals surface area contributed by atoms with Crippen LogP contribution in [0.5, 0.6) is 0 Å². The molecule has 0 radical (unpaired) electrons. The number of aromatic nitrogens is 1. The van der Waals surface area contributed by atoms with Gasteiger partial charge in [0.05, 0.1) is 11.2 Å². The maximum atomic E-state index is 14.4. The molecular formula is C26H20FNO2. The lowest BCUT2D eigenvalue weighted by Gasteiger charge is -2.12. The normalized spacial score (nSPS) is 11.3. The summed E-state index contributed by atoms with van der Waals surface area (Å²) >= 11 is 0. The summed E-state index contributed by atoms with van der Waals surface area (Å²) in [5.74, 6) is -1.62. The van der Waals surface area contributed by atoms with Gasteiger partial charge in [-0.25, -0.2) is 14.2 Å². The van der Waals surface area contributed by atoms with E-state index >= 15 is 0 Å². The molecule has 0 saturated carbocycles. The summed E-state index contributed by atoms with van der Waals surface area (Å²) < 4.78 is 14.4. The molecule has 1 heterocycles. The molecule has 1 aromatic heterocycles. The number of rotatable bonds is 4. The number of pyridine rings is 1. The lowest BCUT2D eigenvalue weighted by Crippen LogP contribution is -1.92. The Balaban J connectivity index is 1.77. The standard InChI is InChI=1S/C26H20FNO2/c1-16-5-3-6-17(2)26(16)21-8-4-7-19(14-21)23-11-9-20-13-18(10-12-25(29)30)22(27)15-24(20)28-23/h3-15H,1-2H3,(H,29,30). The molecule has 148 valence electrons. The fourth-order valence-corrected chi connectivity index (χ4v) is 3.72. The molecular weight excluding hydrogens is 377 g/mol. The fourth-order valence-electron chi connectivity index (χ4n) is 3.72. The Morgan fingerprint density at radius 1 is 0.933 bits per heavy atom. The van der Waals surface area contributed by atoms with Gasteiger partial charge in [0.25, 0.3) is 0 Å². The Kier molecular flexibility index (Phi) is 5.15. The van der Waals surface area contributed by atoms with Crippen LogP contribution in [0, 0.1) is 19.7 Å². The van der Waals surface area contributed by atoms with Crippen LogP contribution in [0.3, 0.4) is 0 Å². The maximum absolute atomic E-state index is 14.4. The smallest absolute Gasteiger partial charge is 0.328 e. The Bertz CT molecular complexity index is 1290. The predicted octanol–water partition coefficient (Wildman–Crippen LogP) is 6.42. The average molecular weight is 397 g/mol. The van der Waals surface area contributed by atoms with Gasteiger partial charge in [-0.3, -0.25) is 0 Å². The van der Waals surface area contributed by atoms with Crippen molar-refractivity contribution in [1.29, 1.82) is 0 Å². The van der Waals surface area contributed by atoms with E-state index in [-0.39, 0.29) is 5.56 Å². The first-order valence-electron chi connectivity index (χ1n) is 9.61. The number of aryl methyl sites for hydroxylation is 2. The molecule has 0 bridgehead atoms. The van der Waals surface area contributed by atoms with Crippen molar-refractivity contribution < 1.29 is 14.3 Å². The molecule has 3 aromatic carbocycles. The molecule has 0 unspecified atom stereocenters. The first-order chi connectivity index (χ1) is 14.4. The fraction of sp³-hybridized carbons (Fsp3) is 0.0769. The van der Waals surface area contributed by atoms with Crippen LogP contribution in [0.2, 0.25) is 0 Å². The minimum atomic E-state index is -1.12. The minimum Gasteiger partial charge on any atom is -0.478 e. The van der Waals surface area contributed by atoms with Crippen molar-refractivity contribution in [2.45, 2.75) is 13.8 Å². The van der Waals surface area contributed by atoms with Crippen LogP contribution in [-0.4, -0.2) is 16.1 Å². The van der Waals surface area contributed by atoms with Crippen molar-refractivity contribution >= 4 is 22.9 Å². The number of nitrogens with zero attached hydrogens (tertiary/aromatic N) is 1. The van der Waals surface area contributed by atoms with Crippen molar-refractivity contribution in [3.8, 4) is 22.4 Å². The summed E-state index contributed by atoms with van der Waals surface area (Å²) in [6.45, 7) is 4.20. The molecule has 30 heavy (non-hydrogen) atoms. The van der Waals surface area contributed by atoms with Crippen LogP contribution in [0.25, 0.3) is 39.4 Å². The number of carboxylic acids is 1. The van der Waals surface area contributed by atoms with Gasteiger partial charge in [0.2, 0.25) is 0 Å². The van der Waals surface area contributed by atoms with Crippen LogP contribution in [0.15, 0.2) is 72.8 Å². The molecule has 4 rings (SSSR count). The number of hydrogen-bond acceptors (Lipinski definition) is 2. The van der Waals surface area contributed by atoms with Crippen LogP contribution < -0.4 is 0 Å². The highest BCUT2D eigenvalue weighted by atomic mass is 19.1. The summed E-state index contributed by atoms with van der Waals surface area (Å²) in [4.78, 5) is 15.3. The molecule has 1 N–H and O–H groups in total. The second-order valence-electron chi connectivity index (χ2n) is 7.28. The number of fused-ring (bicyclic) bond motifs is 1. The van der Waals surface area contributed by atoms with Crippen molar-refractivity contribution in [3.05, 3.63) is 95.3 Å². The van der Waals surface area contributed by atoms with E-state index in [9.17, 15) is 9.18 Å². The zero-order valence-electron chi connectivity index (χ0n) is 16.7. The Labute approximate surface area is 174 Å². The summed E-state index contributed by atoms with van der Waals surface area (Å²) in [6.07, 6.45) is 2.17. The van der Waals surface area contributed by atoms with Crippen molar-refractivity contribution in [1.82, 2.24) is 4.98 Å². The van der Waals surface area contributed by atoms with E-state index < -0.39 is 11.8 Å². The third-order valence-corrected chi connectivity index (χ3v) is 5.14. The first-order valence-corrected chi connectivity index (χ1v) is 9.61. The third kappa shape index (κ3) is 3.85. The average Bonchev–Trinajstić information content (AvgIpc) is 2.72. The predicted molar refractivity (Wildman–Crippen MR) is 119 cm³/mol. The van der Waals surface area contributed by atoms with Crippen LogP contribution in [-0.2, 0) is 4.79 Å². The van der Waals surface area contributed by atoms with Crippen molar-refractivity contribution in [2.24, 2.45) is 0 Å². The number of carboxylic acid groups (broad SMARTS) is 1. The van der Waals surface area contributed by atoms with Gasteiger partial charge in [0.1, 0.15) is 5.82 Å². The molecule has 0 spiro atoms. The molecule has 3 nitrogen and oxygen atoms in total. The lowest BCUT2D eigenvalue weighted by molar-refractivity contribution is -0.131. The quantitative estimate of drug-likeness (QED) is 0.404. The Morgan fingerprint density at radius 3 is 2.37 bits per heavy atom. The van der Waals surface area contributed by atoms with Gasteiger partial charge in [0, 0.05) is 28.7 Å². The van der Waals surface area contributed by atoms with E-state index in [2.05, 4.69) is 49.2 Å². The summed E-state index contributed by atoms with van der Waals surface area (Å²) in [5, 5.41) is 9.51. The van der Waals surface area contributed by atoms with Gasteiger partial charge >= 0.3 is 5.97 Å². The van der Waals surface area contributed by atoms with E-state index in [1.54, 1.807) is 6.07 Å². The highest BCUT2D eigenvalue weighted by Crippen LogP contribution is 2.31. The Hall–Kier alpha value is -3.79. The number of benzene rings is 3. The SMILES string of the molecule is Cc1cccc(C)c1-c1cccc(-c2ccc3cc(C=CC(=O)O)c(F)cc3n2)c1. The first kappa shape index (κ1) is 19.5. The van der Waals surface area contributed by atoms with Gasteiger partial charge in [-0.05, 0) is 60.4 Å². The van der Waals surface area contributed by atoms with Crippen LogP contribution in [0.4, 0.5) is 4.39 Å². The molecule has 0 amide bonds. The van der Waals surface area contributed by atoms with E-state index in [1.807, 2.05) is 24.3 Å². The third-order valence-electron chi connectivity index (χ3n) is 5.14. The molecule has 0 fully saturated rings. The van der Waals surface area contributed by atoms with Crippen LogP contribution >= 0.6 is 0 Å². The van der Waals surface area contributed by atoms with Gasteiger partial charge in [-0.15, -0.1) is 0 Å². The zero-order valence-corrected chi connectivity index (χ0v) is 16.7. The topological polar surface area (TPSA) is 50.2 Å². The van der Waals surface area contributed by atoms with Gasteiger partial charge in [-0.1, -0.05) is 42.5 Å². The molecule has 0 aliphatic rings. The zero-order chi connectivity index (χ0) is 21.3. The minimum absolute atomic E-state index is 0.219. The summed E-state index contributed by atoms with van der Waals surface area (Å²) in [5.41, 5.74) is 7.19. The monoisotopic (exact) mass is 397 g/mol. The van der Waals surface area contributed by atoms with Crippen LogP contribution in [0.1, 0.15) is 16.7 Å². The number of aliphatic carboxylic acids is 1. The molecule has 4 aromatic rings. The highest BCUT2D eigenvalue weighted by Gasteiger charge is 2.09.